The van der Waals surface area contributed by atoms with Crippen molar-refractivity contribution in [2.45, 2.75) is 31.3 Å². The average molecular weight is 306 g/mol. The molecule has 2 saturated heterocycles. The smallest absolute Gasteiger partial charge is 0.317 e. The highest BCUT2D eigenvalue weighted by Crippen LogP contribution is 2.30. The Morgan fingerprint density at radius 3 is 2.55 bits per heavy atom. The van der Waals surface area contributed by atoms with Crippen LogP contribution in [0.5, 0.6) is 0 Å². The van der Waals surface area contributed by atoms with Gasteiger partial charge in [-0.3, -0.25) is 10.9 Å². The predicted molar refractivity (Wildman–Crippen MR) is 82.6 cm³/mol. The Hall–Kier alpha value is -1.66. The molecule has 0 aromatic heterocycles. The lowest BCUT2D eigenvalue weighted by molar-refractivity contribution is 0.160. The molecule has 5 nitrogen and oxygen atoms in total. The molecule has 1 aromatic rings. The van der Waals surface area contributed by atoms with E-state index in [4.69, 9.17) is 0 Å². The van der Waals surface area contributed by atoms with Gasteiger partial charge < -0.3 is 10.2 Å². The van der Waals surface area contributed by atoms with Gasteiger partial charge in [-0.2, -0.15) is 0 Å². The summed E-state index contributed by atoms with van der Waals surface area (Å²) in [6.07, 6.45) is 3.03. The molecule has 2 aliphatic heterocycles. The fourth-order valence-electron chi connectivity index (χ4n) is 3.47. The third-order valence-corrected chi connectivity index (χ3v) is 4.81. The highest BCUT2D eigenvalue weighted by atomic mass is 19.1. The van der Waals surface area contributed by atoms with Crippen molar-refractivity contribution < 1.29 is 9.18 Å². The maximum absolute atomic E-state index is 13.0. The van der Waals surface area contributed by atoms with Gasteiger partial charge in [0.05, 0.1) is 0 Å². The highest BCUT2D eigenvalue weighted by Gasteiger charge is 2.33. The Bertz CT molecular complexity index is 513. The third kappa shape index (κ3) is 3.23. The van der Waals surface area contributed by atoms with Crippen molar-refractivity contribution in [1.29, 1.82) is 0 Å². The van der Waals surface area contributed by atoms with Gasteiger partial charge in [0.25, 0.3) is 0 Å². The number of nitrogens with zero attached hydrogens (tertiary/aromatic N) is 1. The van der Waals surface area contributed by atoms with E-state index in [1.54, 1.807) is 7.05 Å². The maximum atomic E-state index is 13.0. The van der Waals surface area contributed by atoms with Gasteiger partial charge >= 0.3 is 6.03 Å². The van der Waals surface area contributed by atoms with E-state index in [0.29, 0.717) is 12.0 Å². The van der Waals surface area contributed by atoms with Gasteiger partial charge in [-0.15, -0.1) is 0 Å². The summed E-state index contributed by atoms with van der Waals surface area (Å²) in [7, 11) is 1.67. The van der Waals surface area contributed by atoms with E-state index in [2.05, 4.69) is 16.2 Å². The monoisotopic (exact) mass is 306 g/mol. The number of amides is 2. The summed E-state index contributed by atoms with van der Waals surface area (Å²) >= 11 is 0. The van der Waals surface area contributed by atoms with Crippen LogP contribution in [0.4, 0.5) is 9.18 Å². The molecular weight excluding hydrogens is 283 g/mol. The first kappa shape index (κ1) is 15.2. The number of piperidine rings is 1. The second-order valence-corrected chi connectivity index (χ2v) is 6.11. The van der Waals surface area contributed by atoms with Crippen LogP contribution in [-0.2, 0) is 0 Å². The van der Waals surface area contributed by atoms with Gasteiger partial charge in [0, 0.05) is 32.2 Å². The number of rotatable bonds is 2. The number of hydrogen-bond donors (Lipinski definition) is 3. The Labute approximate surface area is 130 Å². The van der Waals surface area contributed by atoms with Crippen molar-refractivity contribution in [3.05, 3.63) is 35.6 Å². The Morgan fingerprint density at radius 2 is 1.91 bits per heavy atom. The number of carbonyl (C=O) groups excluding carboxylic acids is 1. The van der Waals surface area contributed by atoms with Crippen molar-refractivity contribution in [3.8, 4) is 0 Å². The Kier molecular flexibility index (Phi) is 4.59. The van der Waals surface area contributed by atoms with Gasteiger partial charge in [0.15, 0.2) is 0 Å². The maximum Gasteiger partial charge on any atom is 0.317 e. The van der Waals surface area contributed by atoms with E-state index < -0.39 is 0 Å². The van der Waals surface area contributed by atoms with Gasteiger partial charge in [0.1, 0.15) is 5.82 Å². The van der Waals surface area contributed by atoms with Crippen LogP contribution in [0.25, 0.3) is 0 Å². The molecule has 22 heavy (non-hydrogen) atoms. The molecule has 2 fully saturated rings. The molecule has 0 saturated carbocycles. The minimum absolute atomic E-state index is 0.0140. The van der Waals surface area contributed by atoms with Crippen LogP contribution in [0.3, 0.4) is 0 Å². The second kappa shape index (κ2) is 6.62. The molecule has 0 bridgehead atoms. The van der Waals surface area contributed by atoms with Crippen molar-refractivity contribution in [3.63, 3.8) is 0 Å². The molecule has 2 unspecified atom stereocenters. The molecule has 2 atom stereocenters. The van der Waals surface area contributed by atoms with Gasteiger partial charge in [-0.1, -0.05) is 12.1 Å². The first-order chi connectivity index (χ1) is 10.7. The average Bonchev–Trinajstić information content (AvgIpc) is 3.05. The molecule has 6 heteroatoms. The quantitative estimate of drug-likeness (QED) is 0.781. The molecule has 0 aliphatic carbocycles. The van der Waals surface area contributed by atoms with Crippen molar-refractivity contribution in [2.24, 2.45) is 5.92 Å². The largest absolute Gasteiger partial charge is 0.341 e. The summed E-state index contributed by atoms with van der Waals surface area (Å²) in [6.45, 7) is 1.62. The SMILES string of the molecule is CNC(=O)N1CCC(C2CC(c3ccc(F)cc3)NN2)CC1. The first-order valence-corrected chi connectivity index (χ1v) is 7.90. The zero-order valence-corrected chi connectivity index (χ0v) is 12.8. The topological polar surface area (TPSA) is 56.4 Å². The third-order valence-electron chi connectivity index (χ3n) is 4.81. The van der Waals surface area contributed by atoms with E-state index in [1.165, 1.54) is 12.1 Å². The zero-order chi connectivity index (χ0) is 15.5. The summed E-state index contributed by atoms with van der Waals surface area (Å²) in [5.41, 5.74) is 7.81. The van der Waals surface area contributed by atoms with Crippen LogP contribution in [0.1, 0.15) is 30.9 Å². The van der Waals surface area contributed by atoms with Crippen LogP contribution in [-0.4, -0.2) is 37.1 Å². The first-order valence-electron chi connectivity index (χ1n) is 7.90. The van der Waals surface area contributed by atoms with E-state index in [-0.39, 0.29) is 17.9 Å². The van der Waals surface area contributed by atoms with Gasteiger partial charge in [-0.25, -0.2) is 9.18 Å². The number of benzene rings is 1. The number of likely N-dealkylation sites (tertiary alicyclic amines) is 1. The second-order valence-electron chi connectivity index (χ2n) is 6.11. The molecule has 2 heterocycles. The number of urea groups is 1. The summed E-state index contributed by atoms with van der Waals surface area (Å²) in [5.74, 6) is 0.367. The fraction of sp³-hybridized carbons (Fsp3) is 0.562. The molecule has 0 spiro atoms. The lowest BCUT2D eigenvalue weighted by Gasteiger charge is -2.34. The van der Waals surface area contributed by atoms with Crippen LogP contribution in [0.2, 0.25) is 0 Å². The van der Waals surface area contributed by atoms with Gasteiger partial charge in [-0.05, 0) is 42.9 Å². The van der Waals surface area contributed by atoms with Crippen molar-refractivity contribution >= 4 is 6.03 Å². The molecule has 2 aliphatic rings. The van der Waals surface area contributed by atoms with E-state index >= 15 is 0 Å². The summed E-state index contributed by atoms with van der Waals surface area (Å²) in [6, 6.07) is 7.33. The molecule has 0 radical (unpaired) electrons. The minimum atomic E-state index is -0.201. The van der Waals surface area contributed by atoms with E-state index in [1.807, 2.05) is 17.0 Å². The summed E-state index contributed by atoms with van der Waals surface area (Å²) in [5, 5.41) is 2.68. The molecule has 1 aromatic carbocycles. The molecule has 2 amide bonds. The molecule has 3 N–H and O–H groups in total. The molecular formula is C16H23FN4O. The number of nitrogens with one attached hydrogen (secondary N) is 3. The highest BCUT2D eigenvalue weighted by molar-refractivity contribution is 5.73. The van der Waals surface area contributed by atoms with Crippen LogP contribution < -0.4 is 16.2 Å². The van der Waals surface area contributed by atoms with Crippen molar-refractivity contribution in [2.75, 3.05) is 20.1 Å². The Morgan fingerprint density at radius 1 is 1.23 bits per heavy atom. The molecule has 120 valence electrons. The normalized spacial score (nSPS) is 26.2. The number of halogens is 1. The number of hydrazine groups is 1. The van der Waals surface area contributed by atoms with Gasteiger partial charge in [0.2, 0.25) is 0 Å². The predicted octanol–water partition coefficient (Wildman–Crippen LogP) is 1.78. The van der Waals surface area contributed by atoms with E-state index in [0.717, 1.165) is 37.9 Å². The number of carbonyl (C=O) groups is 1. The summed E-state index contributed by atoms with van der Waals surface area (Å²) in [4.78, 5) is 13.5. The van der Waals surface area contributed by atoms with Crippen molar-refractivity contribution in [1.82, 2.24) is 21.1 Å². The number of hydrogen-bond acceptors (Lipinski definition) is 3. The van der Waals surface area contributed by atoms with E-state index in [9.17, 15) is 9.18 Å². The Balaban J connectivity index is 1.53. The minimum Gasteiger partial charge on any atom is -0.341 e. The zero-order valence-electron chi connectivity index (χ0n) is 12.8. The lowest BCUT2D eigenvalue weighted by Crippen LogP contribution is -2.47. The lowest BCUT2D eigenvalue weighted by atomic mass is 9.86. The summed E-state index contributed by atoms with van der Waals surface area (Å²) < 4.78 is 13.0. The van der Waals surface area contributed by atoms with Crippen LogP contribution >= 0.6 is 0 Å². The standard InChI is InChI=1S/C16H23FN4O/c1-18-16(22)21-8-6-12(7-9-21)15-10-14(19-20-15)11-2-4-13(17)5-3-11/h2-5,12,14-15,19-20H,6-10H2,1H3,(H,18,22). The molecule has 3 rings (SSSR count). The van der Waals surface area contributed by atoms with Crippen LogP contribution in [0.15, 0.2) is 24.3 Å². The van der Waals surface area contributed by atoms with Crippen LogP contribution in [0, 0.1) is 11.7 Å². The fourth-order valence-corrected chi connectivity index (χ4v) is 3.47.